The molecule has 28 heavy (non-hydrogen) atoms. The lowest BCUT2D eigenvalue weighted by molar-refractivity contribution is -0.123. The van der Waals surface area contributed by atoms with Gasteiger partial charge in [0.15, 0.2) is 0 Å². The normalized spacial score (nSPS) is 11.8. The topological polar surface area (TPSA) is 112 Å². The molecule has 0 spiro atoms. The van der Waals surface area contributed by atoms with Crippen LogP contribution in [0.25, 0.3) is 0 Å². The predicted octanol–water partition coefficient (Wildman–Crippen LogP) is 1.71. The van der Waals surface area contributed by atoms with Crippen LogP contribution in [0.5, 0.6) is 5.75 Å². The quantitative estimate of drug-likeness (QED) is 0.327. The van der Waals surface area contributed by atoms with Crippen molar-refractivity contribution in [3.8, 4) is 5.75 Å². The van der Waals surface area contributed by atoms with Gasteiger partial charge in [-0.2, -0.15) is 0 Å². The molecule has 1 aromatic carbocycles. The maximum atomic E-state index is 11.7. The Kier molecular flexibility index (Phi) is 11.7. The van der Waals surface area contributed by atoms with Gasteiger partial charge >= 0.3 is 6.03 Å². The summed E-state index contributed by atoms with van der Waals surface area (Å²) >= 11 is 0. The van der Waals surface area contributed by atoms with E-state index in [0.29, 0.717) is 37.6 Å². The number of ether oxygens (including phenoxy) is 1. The number of rotatable bonds is 13. The molecule has 158 valence electrons. The van der Waals surface area contributed by atoms with E-state index in [1.807, 2.05) is 13.8 Å². The average molecular weight is 395 g/mol. The van der Waals surface area contributed by atoms with E-state index in [1.54, 1.807) is 24.3 Å². The summed E-state index contributed by atoms with van der Waals surface area (Å²) in [5.41, 5.74) is 0.673. The zero-order valence-corrected chi connectivity index (χ0v) is 17.1. The lowest BCUT2D eigenvalue weighted by Gasteiger charge is -2.14. The van der Waals surface area contributed by atoms with E-state index in [1.165, 1.54) is 0 Å². The molecular formula is C20H34N4O4. The average Bonchev–Trinajstić information content (AvgIpc) is 2.67. The van der Waals surface area contributed by atoms with Crippen molar-refractivity contribution in [2.24, 2.45) is 5.92 Å². The summed E-state index contributed by atoms with van der Waals surface area (Å²) in [6.45, 7) is 8.02. The van der Waals surface area contributed by atoms with Crippen LogP contribution in [0.15, 0.2) is 24.3 Å². The van der Waals surface area contributed by atoms with Crippen molar-refractivity contribution in [3.63, 3.8) is 0 Å². The number of amides is 3. The maximum Gasteiger partial charge on any atom is 0.319 e. The molecule has 5 N–H and O–H groups in total. The van der Waals surface area contributed by atoms with Crippen LogP contribution in [0, 0.1) is 5.92 Å². The van der Waals surface area contributed by atoms with Crippen LogP contribution < -0.4 is 26.0 Å². The summed E-state index contributed by atoms with van der Waals surface area (Å²) in [7, 11) is 0. The van der Waals surface area contributed by atoms with E-state index >= 15 is 0 Å². The van der Waals surface area contributed by atoms with Gasteiger partial charge in [0.1, 0.15) is 18.5 Å². The molecule has 1 rings (SSSR count). The van der Waals surface area contributed by atoms with Crippen LogP contribution in [0.2, 0.25) is 0 Å². The van der Waals surface area contributed by atoms with Gasteiger partial charge < -0.3 is 31.1 Å². The fraction of sp³-hybridized carbons (Fsp3) is 0.600. The summed E-state index contributed by atoms with van der Waals surface area (Å²) in [5.74, 6) is 0.596. The van der Waals surface area contributed by atoms with Crippen molar-refractivity contribution in [1.29, 1.82) is 0 Å². The Morgan fingerprint density at radius 2 is 1.79 bits per heavy atom. The second-order valence-electron chi connectivity index (χ2n) is 6.87. The molecule has 0 fully saturated rings. The SMILES string of the molecule is CCCCNC(=O)Nc1ccc(OCC(O)CNCCNC(=O)C(C)C)cc1. The summed E-state index contributed by atoms with van der Waals surface area (Å²) in [4.78, 5) is 23.1. The number of nitrogens with one attached hydrogen (secondary N) is 4. The van der Waals surface area contributed by atoms with Crippen LogP contribution in [0.3, 0.4) is 0 Å². The lowest BCUT2D eigenvalue weighted by Crippen LogP contribution is -2.38. The van der Waals surface area contributed by atoms with Gasteiger partial charge in [-0.25, -0.2) is 4.79 Å². The number of hydrogen-bond donors (Lipinski definition) is 5. The third-order valence-electron chi connectivity index (χ3n) is 3.88. The number of hydrogen-bond acceptors (Lipinski definition) is 5. The Balaban J connectivity index is 2.19. The molecule has 0 aliphatic carbocycles. The van der Waals surface area contributed by atoms with Crippen molar-refractivity contribution in [3.05, 3.63) is 24.3 Å². The van der Waals surface area contributed by atoms with Gasteiger partial charge in [0.05, 0.1) is 0 Å². The number of urea groups is 1. The number of unbranched alkanes of at least 4 members (excludes halogenated alkanes) is 1. The molecule has 8 heteroatoms. The highest BCUT2D eigenvalue weighted by Gasteiger charge is 2.07. The molecule has 0 bridgehead atoms. The first kappa shape index (κ1) is 23.7. The Hall–Kier alpha value is -2.32. The standard InChI is InChI=1S/C20H34N4O4/c1-4-5-10-23-20(27)24-16-6-8-18(9-7-16)28-14-17(25)13-21-11-12-22-19(26)15(2)3/h6-9,15,17,21,25H,4-5,10-14H2,1-3H3,(H,22,26)(H2,23,24,27). The minimum atomic E-state index is -0.664. The Morgan fingerprint density at radius 1 is 1.07 bits per heavy atom. The fourth-order valence-corrected chi connectivity index (χ4v) is 2.19. The van der Waals surface area contributed by atoms with Gasteiger partial charge in [-0.1, -0.05) is 27.2 Å². The van der Waals surface area contributed by atoms with Gasteiger partial charge in [-0.3, -0.25) is 4.79 Å². The number of aliphatic hydroxyl groups excluding tert-OH is 1. The van der Waals surface area contributed by atoms with E-state index in [-0.39, 0.29) is 24.5 Å². The summed E-state index contributed by atoms with van der Waals surface area (Å²) in [6.07, 6.45) is 1.31. The number of carbonyl (C=O) groups is 2. The third kappa shape index (κ3) is 10.7. The Labute approximate surface area is 167 Å². The van der Waals surface area contributed by atoms with Gasteiger partial charge in [-0.05, 0) is 30.7 Å². The van der Waals surface area contributed by atoms with E-state index in [4.69, 9.17) is 4.74 Å². The smallest absolute Gasteiger partial charge is 0.319 e. The number of aliphatic hydroxyl groups is 1. The lowest BCUT2D eigenvalue weighted by atomic mass is 10.2. The van der Waals surface area contributed by atoms with Gasteiger partial charge in [0.25, 0.3) is 0 Å². The number of benzene rings is 1. The van der Waals surface area contributed by atoms with Crippen molar-refractivity contribution < 1.29 is 19.4 Å². The first-order valence-corrected chi connectivity index (χ1v) is 9.86. The molecule has 0 saturated carbocycles. The van der Waals surface area contributed by atoms with Crippen LogP contribution in [-0.2, 0) is 4.79 Å². The molecule has 1 unspecified atom stereocenters. The van der Waals surface area contributed by atoms with Gasteiger partial charge in [0, 0.05) is 37.8 Å². The van der Waals surface area contributed by atoms with E-state index < -0.39 is 6.10 Å². The first-order chi connectivity index (χ1) is 13.4. The second kappa shape index (κ2) is 13.8. The van der Waals surface area contributed by atoms with Crippen molar-refractivity contribution in [2.75, 3.05) is 38.1 Å². The molecule has 1 atom stereocenters. The second-order valence-corrected chi connectivity index (χ2v) is 6.87. The van der Waals surface area contributed by atoms with Crippen molar-refractivity contribution >= 4 is 17.6 Å². The Morgan fingerprint density at radius 3 is 2.43 bits per heavy atom. The molecule has 0 radical (unpaired) electrons. The third-order valence-corrected chi connectivity index (χ3v) is 3.88. The fourth-order valence-electron chi connectivity index (χ4n) is 2.19. The number of carbonyl (C=O) groups excluding carboxylic acids is 2. The molecule has 0 heterocycles. The van der Waals surface area contributed by atoms with E-state index in [0.717, 1.165) is 12.8 Å². The molecular weight excluding hydrogens is 360 g/mol. The minimum Gasteiger partial charge on any atom is -0.491 e. The van der Waals surface area contributed by atoms with E-state index in [2.05, 4.69) is 28.2 Å². The molecule has 0 aliphatic heterocycles. The molecule has 0 saturated heterocycles. The van der Waals surface area contributed by atoms with Crippen LogP contribution in [0.1, 0.15) is 33.6 Å². The molecule has 8 nitrogen and oxygen atoms in total. The maximum absolute atomic E-state index is 11.7. The predicted molar refractivity (Wildman–Crippen MR) is 111 cm³/mol. The van der Waals surface area contributed by atoms with Gasteiger partial charge in [0.2, 0.25) is 5.91 Å². The van der Waals surface area contributed by atoms with Crippen molar-refractivity contribution in [2.45, 2.75) is 39.7 Å². The highest BCUT2D eigenvalue weighted by atomic mass is 16.5. The van der Waals surface area contributed by atoms with Crippen molar-refractivity contribution in [1.82, 2.24) is 16.0 Å². The molecule has 0 aromatic heterocycles. The zero-order valence-electron chi connectivity index (χ0n) is 17.1. The Bertz CT molecular complexity index is 578. The molecule has 1 aromatic rings. The first-order valence-electron chi connectivity index (χ1n) is 9.86. The summed E-state index contributed by atoms with van der Waals surface area (Å²) < 4.78 is 5.55. The van der Waals surface area contributed by atoms with Crippen LogP contribution in [0.4, 0.5) is 10.5 Å². The zero-order chi connectivity index (χ0) is 20.8. The van der Waals surface area contributed by atoms with E-state index in [9.17, 15) is 14.7 Å². The van der Waals surface area contributed by atoms with Crippen LogP contribution >= 0.6 is 0 Å². The summed E-state index contributed by atoms with van der Waals surface area (Å²) in [6, 6.07) is 6.74. The molecule has 3 amide bonds. The molecule has 0 aliphatic rings. The number of anilines is 1. The minimum absolute atomic E-state index is 0.0158. The van der Waals surface area contributed by atoms with Crippen LogP contribution in [-0.4, -0.2) is 55.9 Å². The summed E-state index contributed by atoms with van der Waals surface area (Å²) in [5, 5.41) is 21.3. The monoisotopic (exact) mass is 394 g/mol. The largest absolute Gasteiger partial charge is 0.491 e. The van der Waals surface area contributed by atoms with Gasteiger partial charge in [-0.15, -0.1) is 0 Å². The highest BCUT2D eigenvalue weighted by molar-refractivity contribution is 5.89. The highest BCUT2D eigenvalue weighted by Crippen LogP contribution is 2.15.